The second kappa shape index (κ2) is 72.6. The van der Waals surface area contributed by atoms with Gasteiger partial charge in [0.15, 0.2) is 12.2 Å². The largest absolute Gasteiger partial charge is 0.472 e. The average Bonchev–Trinajstić information content (AvgIpc) is 0.993. The number of hydrogen-bond acceptors (Lipinski definition) is 15. The molecule has 0 saturated carbocycles. The molecule has 3 N–H and O–H groups in total. The third-order valence-electron chi connectivity index (χ3n) is 19.0. The molecular formula is C81H158O17P2. The Hall–Kier alpha value is -1.94. The van der Waals surface area contributed by atoms with Gasteiger partial charge in [-0.3, -0.25) is 37.3 Å². The van der Waals surface area contributed by atoms with E-state index in [0.717, 1.165) is 102 Å². The molecule has 5 atom stereocenters. The lowest BCUT2D eigenvalue weighted by molar-refractivity contribution is -0.161. The summed E-state index contributed by atoms with van der Waals surface area (Å²) in [6.07, 6.45) is 62.5. The molecular weight excluding hydrogens is 1310 g/mol. The first-order valence-electron chi connectivity index (χ1n) is 42.0. The quantitative estimate of drug-likeness (QED) is 0.0222. The number of carbonyl (C=O) groups excluding carboxylic acids is 4. The minimum absolute atomic E-state index is 0.107. The molecule has 19 heteroatoms. The summed E-state index contributed by atoms with van der Waals surface area (Å²) in [5.74, 6) is -0.594. The lowest BCUT2D eigenvalue weighted by Crippen LogP contribution is -2.30. The molecule has 0 heterocycles. The van der Waals surface area contributed by atoms with Crippen molar-refractivity contribution in [1.82, 2.24) is 0 Å². The SMILES string of the molecule is CCCCCCCCCCCCCCCCCCCCC(=O)OC[C@H](COP(=O)(O)OC[C@@H](O)COP(=O)(O)OC[C@@H](COC(=O)CCCCCCCCCC(C)C)OC(=O)CCCCCCCCCCCCCCC)OC(=O)CCCCCCCCCCCCCCCCCCC(C)C. The molecule has 0 aromatic rings. The molecule has 0 saturated heterocycles. The number of phosphoric acid groups is 2. The summed E-state index contributed by atoms with van der Waals surface area (Å²) in [5.41, 5.74) is 0. The summed E-state index contributed by atoms with van der Waals surface area (Å²) in [5, 5.41) is 10.6. The summed E-state index contributed by atoms with van der Waals surface area (Å²) in [6.45, 7) is 9.61. The Labute approximate surface area is 613 Å². The Morgan fingerprint density at radius 2 is 0.460 bits per heavy atom. The maximum Gasteiger partial charge on any atom is 0.472 e. The highest BCUT2D eigenvalue weighted by Gasteiger charge is 2.30. The van der Waals surface area contributed by atoms with Gasteiger partial charge in [0.05, 0.1) is 26.4 Å². The topological polar surface area (TPSA) is 237 Å². The number of carbonyl (C=O) groups is 4. The van der Waals surface area contributed by atoms with Gasteiger partial charge in [-0.25, -0.2) is 9.13 Å². The standard InChI is InChI=1S/C81H158O17P2/c1-7-9-11-13-15-17-19-21-22-23-24-28-32-35-39-45-51-57-63-78(83)91-69-76(97-81(86)66-60-54-47-41-37-33-29-26-25-27-31-34-38-43-49-55-61-73(3)4)71-95-99(87,88)93-67-75(82)68-94-100(89,90)96-72-77(70-92-79(84)64-58-52-48-42-44-50-56-62-74(5)6)98-80(85)65-59-53-46-40-36-30-20-18-16-14-12-10-8-2/h73-77,82H,7-72H2,1-6H3,(H,87,88)(H,89,90)/t75-,76-,77-/m1/s1. The van der Waals surface area contributed by atoms with Crippen molar-refractivity contribution in [1.29, 1.82) is 0 Å². The van der Waals surface area contributed by atoms with E-state index >= 15 is 0 Å². The van der Waals surface area contributed by atoms with Gasteiger partial charge in [0, 0.05) is 25.7 Å². The van der Waals surface area contributed by atoms with Crippen LogP contribution in [0.3, 0.4) is 0 Å². The fourth-order valence-corrected chi connectivity index (χ4v) is 14.1. The Morgan fingerprint density at radius 3 is 0.680 bits per heavy atom. The van der Waals surface area contributed by atoms with E-state index in [1.165, 1.54) is 238 Å². The highest BCUT2D eigenvalue weighted by molar-refractivity contribution is 7.47. The van der Waals surface area contributed by atoms with E-state index in [-0.39, 0.29) is 25.7 Å². The summed E-state index contributed by atoms with van der Waals surface area (Å²) >= 11 is 0. The van der Waals surface area contributed by atoms with Crippen molar-refractivity contribution in [2.45, 2.75) is 445 Å². The molecule has 0 aromatic carbocycles. The van der Waals surface area contributed by atoms with Gasteiger partial charge < -0.3 is 33.8 Å². The smallest absolute Gasteiger partial charge is 0.462 e. The van der Waals surface area contributed by atoms with Crippen molar-refractivity contribution in [2.75, 3.05) is 39.6 Å². The summed E-state index contributed by atoms with van der Waals surface area (Å²) < 4.78 is 68.7. The lowest BCUT2D eigenvalue weighted by atomic mass is 10.0. The van der Waals surface area contributed by atoms with Crippen LogP contribution in [0, 0.1) is 11.8 Å². The molecule has 17 nitrogen and oxygen atoms in total. The maximum atomic E-state index is 13.1. The minimum Gasteiger partial charge on any atom is -0.462 e. The van der Waals surface area contributed by atoms with Gasteiger partial charge in [0.25, 0.3) is 0 Å². The number of phosphoric ester groups is 2. The van der Waals surface area contributed by atoms with Crippen LogP contribution in [-0.4, -0.2) is 96.7 Å². The van der Waals surface area contributed by atoms with Crippen LogP contribution in [0.1, 0.15) is 427 Å². The molecule has 594 valence electrons. The number of ether oxygens (including phenoxy) is 4. The molecule has 0 fully saturated rings. The van der Waals surface area contributed by atoms with E-state index in [9.17, 15) is 43.2 Å². The summed E-state index contributed by atoms with van der Waals surface area (Å²) in [7, 11) is -9.92. The lowest BCUT2D eigenvalue weighted by Gasteiger charge is -2.21. The molecule has 0 spiro atoms. The van der Waals surface area contributed by atoms with Crippen LogP contribution >= 0.6 is 15.6 Å². The Kier molecular flexibility index (Phi) is 71.2. The molecule has 0 aliphatic rings. The Bertz CT molecular complexity index is 1920. The van der Waals surface area contributed by atoms with Gasteiger partial charge in [-0.15, -0.1) is 0 Å². The van der Waals surface area contributed by atoms with Crippen molar-refractivity contribution in [3.8, 4) is 0 Å². The third kappa shape index (κ3) is 74.3. The minimum atomic E-state index is -4.96. The molecule has 2 unspecified atom stereocenters. The second-order valence-electron chi connectivity index (χ2n) is 30.1. The molecule has 0 bridgehead atoms. The van der Waals surface area contributed by atoms with E-state index in [2.05, 4.69) is 41.5 Å². The zero-order valence-corrected chi connectivity index (χ0v) is 67.3. The highest BCUT2D eigenvalue weighted by atomic mass is 31.2. The van der Waals surface area contributed by atoms with Gasteiger partial charge >= 0.3 is 39.5 Å². The van der Waals surface area contributed by atoms with Crippen LogP contribution in [0.15, 0.2) is 0 Å². The first-order chi connectivity index (χ1) is 48.4. The van der Waals surface area contributed by atoms with Gasteiger partial charge in [0.1, 0.15) is 19.3 Å². The van der Waals surface area contributed by atoms with Crippen LogP contribution in [0.2, 0.25) is 0 Å². The van der Waals surface area contributed by atoms with E-state index in [1.807, 2.05) is 0 Å². The summed E-state index contributed by atoms with van der Waals surface area (Å²) in [4.78, 5) is 73.0. The molecule has 0 aromatic heterocycles. The third-order valence-corrected chi connectivity index (χ3v) is 20.9. The van der Waals surface area contributed by atoms with Crippen molar-refractivity contribution in [3.05, 3.63) is 0 Å². The van der Waals surface area contributed by atoms with Crippen LogP contribution < -0.4 is 0 Å². The Balaban J connectivity index is 5.23. The first-order valence-corrected chi connectivity index (χ1v) is 45.0. The number of unbranched alkanes of at least 4 members (excludes halogenated alkanes) is 50. The van der Waals surface area contributed by atoms with Crippen molar-refractivity contribution >= 4 is 39.5 Å². The second-order valence-corrected chi connectivity index (χ2v) is 33.0. The molecule has 0 aliphatic heterocycles. The van der Waals surface area contributed by atoms with E-state index in [4.69, 9.17) is 37.0 Å². The van der Waals surface area contributed by atoms with Gasteiger partial charge in [-0.05, 0) is 37.5 Å². The molecule has 0 rings (SSSR count). The number of esters is 4. The number of aliphatic hydroxyl groups is 1. The fourth-order valence-electron chi connectivity index (χ4n) is 12.5. The number of aliphatic hydroxyl groups excluding tert-OH is 1. The van der Waals surface area contributed by atoms with E-state index in [0.29, 0.717) is 31.6 Å². The first kappa shape index (κ1) is 98.1. The fraction of sp³-hybridized carbons (Fsp3) is 0.951. The zero-order valence-electron chi connectivity index (χ0n) is 65.5. The van der Waals surface area contributed by atoms with Crippen molar-refractivity contribution in [2.24, 2.45) is 11.8 Å². The monoisotopic (exact) mass is 1470 g/mol. The number of hydrogen-bond donors (Lipinski definition) is 3. The van der Waals surface area contributed by atoms with Crippen LogP contribution in [0.4, 0.5) is 0 Å². The molecule has 0 radical (unpaired) electrons. The zero-order chi connectivity index (χ0) is 73.5. The maximum absolute atomic E-state index is 13.1. The van der Waals surface area contributed by atoms with Crippen molar-refractivity contribution < 1.29 is 80.2 Å². The van der Waals surface area contributed by atoms with Crippen LogP contribution in [-0.2, 0) is 65.4 Å². The average molecular weight is 1470 g/mol. The van der Waals surface area contributed by atoms with Gasteiger partial charge in [-0.2, -0.15) is 0 Å². The van der Waals surface area contributed by atoms with Crippen LogP contribution in [0.5, 0.6) is 0 Å². The summed E-state index contributed by atoms with van der Waals surface area (Å²) in [6, 6.07) is 0. The van der Waals surface area contributed by atoms with Gasteiger partial charge in [-0.1, -0.05) is 375 Å². The van der Waals surface area contributed by atoms with Gasteiger partial charge in [0.2, 0.25) is 0 Å². The molecule has 0 amide bonds. The predicted molar refractivity (Wildman–Crippen MR) is 409 cm³/mol. The van der Waals surface area contributed by atoms with E-state index < -0.39 is 97.5 Å². The highest BCUT2D eigenvalue weighted by Crippen LogP contribution is 2.45. The van der Waals surface area contributed by atoms with Crippen molar-refractivity contribution in [3.63, 3.8) is 0 Å². The number of rotatable bonds is 80. The predicted octanol–water partition coefficient (Wildman–Crippen LogP) is 24.3. The Morgan fingerprint density at radius 1 is 0.270 bits per heavy atom. The molecule has 100 heavy (non-hydrogen) atoms. The van der Waals surface area contributed by atoms with Crippen LogP contribution in [0.25, 0.3) is 0 Å². The molecule has 0 aliphatic carbocycles. The van der Waals surface area contributed by atoms with E-state index in [1.54, 1.807) is 0 Å². The normalized spacial score (nSPS) is 13.9.